The summed E-state index contributed by atoms with van der Waals surface area (Å²) in [5.41, 5.74) is 0. The third-order valence-electron chi connectivity index (χ3n) is 3.24. The van der Waals surface area contributed by atoms with Gasteiger partial charge in [-0.15, -0.1) is 0 Å². The minimum Gasteiger partial charge on any atom is -0.463 e. The Morgan fingerprint density at radius 2 is 1.52 bits per heavy atom. The van der Waals surface area contributed by atoms with Crippen molar-refractivity contribution in [3.8, 4) is 0 Å². The van der Waals surface area contributed by atoms with Gasteiger partial charge in [-0.2, -0.15) is 0 Å². The van der Waals surface area contributed by atoms with Gasteiger partial charge in [-0.1, -0.05) is 51.5 Å². The highest BCUT2D eigenvalue weighted by molar-refractivity contribution is 5.81. The van der Waals surface area contributed by atoms with Crippen LogP contribution in [0.2, 0.25) is 0 Å². The summed E-state index contributed by atoms with van der Waals surface area (Å²) >= 11 is 0. The summed E-state index contributed by atoms with van der Waals surface area (Å²) in [7, 11) is 1.89. The zero-order chi connectivity index (χ0) is 15.6. The smallest absolute Gasteiger partial charge is 0.330 e. The molecule has 0 fully saturated rings. The molecule has 0 aromatic carbocycles. The van der Waals surface area contributed by atoms with Gasteiger partial charge in [0.1, 0.15) is 0 Å². The van der Waals surface area contributed by atoms with E-state index in [9.17, 15) is 4.79 Å². The second-order valence-electron chi connectivity index (χ2n) is 5.13. The lowest BCUT2D eigenvalue weighted by molar-refractivity contribution is -0.137. The Morgan fingerprint density at radius 3 is 2.10 bits per heavy atom. The van der Waals surface area contributed by atoms with E-state index in [1.54, 1.807) is 0 Å². The lowest BCUT2D eigenvalue weighted by Gasteiger charge is -2.03. The molecule has 0 unspecified atom stereocenters. The van der Waals surface area contributed by atoms with E-state index in [0.717, 1.165) is 19.4 Å². The number of unbranched alkanes of at least 4 members (excludes halogenated alkanes) is 8. The van der Waals surface area contributed by atoms with Gasteiger partial charge in [-0.25, -0.2) is 4.79 Å². The van der Waals surface area contributed by atoms with E-state index in [1.165, 1.54) is 51.0 Å². The number of carbonyl (C=O) groups is 1. The second kappa shape index (κ2) is 16.6. The maximum absolute atomic E-state index is 10.8. The third kappa shape index (κ3) is 16.5. The van der Waals surface area contributed by atoms with Crippen molar-refractivity contribution in [2.45, 2.75) is 57.8 Å². The predicted molar refractivity (Wildman–Crippen MR) is 88.9 cm³/mol. The Morgan fingerprint density at radius 1 is 0.952 bits per heavy atom. The van der Waals surface area contributed by atoms with Crippen molar-refractivity contribution in [1.82, 2.24) is 10.6 Å². The fourth-order valence-electron chi connectivity index (χ4n) is 2.02. The van der Waals surface area contributed by atoms with E-state index < -0.39 is 0 Å². The average Bonchev–Trinajstić information content (AvgIpc) is 2.50. The molecule has 0 saturated heterocycles. The van der Waals surface area contributed by atoms with Crippen LogP contribution in [-0.2, 0) is 9.53 Å². The van der Waals surface area contributed by atoms with Gasteiger partial charge in [-0.3, -0.25) is 0 Å². The van der Waals surface area contributed by atoms with Crippen molar-refractivity contribution in [3.05, 3.63) is 25.1 Å². The van der Waals surface area contributed by atoms with Gasteiger partial charge in [-0.05, 0) is 12.8 Å². The van der Waals surface area contributed by atoms with Gasteiger partial charge >= 0.3 is 5.97 Å². The Kier molecular flexibility index (Phi) is 15.5. The summed E-state index contributed by atoms with van der Waals surface area (Å²) < 4.78 is 4.93. The van der Waals surface area contributed by atoms with Gasteiger partial charge in [0.2, 0.25) is 0 Å². The van der Waals surface area contributed by atoms with E-state index >= 15 is 0 Å². The zero-order valence-corrected chi connectivity index (χ0v) is 13.5. The first-order chi connectivity index (χ1) is 10.3. The lowest BCUT2D eigenvalue weighted by atomic mass is 10.1. The molecule has 0 aliphatic rings. The molecule has 2 N–H and O–H groups in total. The maximum atomic E-state index is 10.8. The molecule has 0 amide bonds. The van der Waals surface area contributed by atoms with Crippen LogP contribution in [0.4, 0.5) is 0 Å². The number of rotatable bonds is 15. The van der Waals surface area contributed by atoms with E-state index in [0.29, 0.717) is 6.61 Å². The first kappa shape index (κ1) is 19.6. The molecule has 0 aromatic heterocycles. The van der Waals surface area contributed by atoms with Crippen molar-refractivity contribution in [2.24, 2.45) is 0 Å². The molecule has 0 bridgehead atoms. The molecule has 21 heavy (non-hydrogen) atoms. The summed E-state index contributed by atoms with van der Waals surface area (Å²) in [6.07, 6.45) is 16.2. The molecule has 0 radical (unpaired) electrons. The minimum atomic E-state index is -0.314. The molecule has 0 aliphatic heterocycles. The zero-order valence-electron chi connectivity index (χ0n) is 13.5. The number of esters is 1. The fourth-order valence-corrected chi connectivity index (χ4v) is 2.02. The highest BCUT2D eigenvalue weighted by Gasteiger charge is 1.96. The van der Waals surface area contributed by atoms with E-state index in [2.05, 4.69) is 17.2 Å². The topological polar surface area (TPSA) is 50.4 Å². The number of nitrogens with one attached hydrogen (secondary N) is 2. The standard InChI is InChI=1S/C17H32N2O2/c1-3-17(20)21-16-12-10-8-6-4-5-7-9-11-13-19-15-14-18-2/h3,14-15,18-19H,1,4-13,16H2,2H3/b15-14-. The molecule has 0 atom stereocenters. The van der Waals surface area contributed by atoms with Crippen LogP contribution in [0.1, 0.15) is 57.8 Å². The van der Waals surface area contributed by atoms with Crippen molar-refractivity contribution in [1.29, 1.82) is 0 Å². The van der Waals surface area contributed by atoms with Crippen LogP contribution < -0.4 is 10.6 Å². The highest BCUT2D eigenvalue weighted by Crippen LogP contribution is 2.09. The quantitative estimate of drug-likeness (QED) is 0.276. The van der Waals surface area contributed by atoms with Gasteiger partial charge < -0.3 is 15.4 Å². The number of ether oxygens (including phenoxy) is 1. The maximum Gasteiger partial charge on any atom is 0.330 e. The minimum absolute atomic E-state index is 0.314. The molecule has 0 heterocycles. The fraction of sp³-hybridized carbons (Fsp3) is 0.706. The summed E-state index contributed by atoms with van der Waals surface area (Å²) in [6.45, 7) is 4.95. The molecule has 4 heteroatoms. The Bertz CT molecular complexity index is 278. The number of carbonyl (C=O) groups excluding carboxylic acids is 1. The highest BCUT2D eigenvalue weighted by atomic mass is 16.5. The van der Waals surface area contributed by atoms with E-state index in [1.807, 2.05) is 19.4 Å². The Hall–Kier alpha value is -1.45. The Balaban J connectivity index is 3.04. The van der Waals surface area contributed by atoms with Crippen molar-refractivity contribution >= 4 is 5.97 Å². The van der Waals surface area contributed by atoms with Crippen LogP contribution in [0.5, 0.6) is 0 Å². The Labute approximate surface area is 130 Å². The van der Waals surface area contributed by atoms with Crippen molar-refractivity contribution < 1.29 is 9.53 Å². The lowest BCUT2D eigenvalue weighted by Crippen LogP contribution is -2.08. The van der Waals surface area contributed by atoms with Gasteiger partial charge in [0, 0.05) is 32.1 Å². The van der Waals surface area contributed by atoms with Crippen LogP contribution >= 0.6 is 0 Å². The second-order valence-corrected chi connectivity index (χ2v) is 5.13. The summed E-state index contributed by atoms with van der Waals surface area (Å²) in [5.74, 6) is -0.314. The largest absolute Gasteiger partial charge is 0.463 e. The van der Waals surface area contributed by atoms with E-state index in [4.69, 9.17) is 4.74 Å². The molecule has 0 rings (SSSR count). The van der Waals surface area contributed by atoms with Crippen LogP contribution in [0.3, 0.4) is 0 Å². The molecule has 4 nitrogen and oxygen atoms in total. The number of hydrogen-bond acceptors (Lipinski definition) is 4. The SMILES string of the molecule is C=CC(=O)OCCCCCCCCCCCN/C=C\NC. The van der Waals surface area contributed by atoms with Gasteiger partial charge in [0.25, 0.3) is 0 Å². The summed E-state index contributed by atoms with van der Waals surface area (Å²) in [5, 5.41) is 6.19. The molecule has 0 spiro atoms. The van der Waals surface area contributed by atoms with Crippen LogP contribution in [0.15, 0.2) is 25.1 Å². The summed E-state index contributed by atoms with van der Waals surface area (Å²) in [6, 6.07) is 0. The monoisotopic (exact) mass is 296 g/mol. The van der Waals surface area contributed by atoms with Gasteiger partial charge in [0.05, 0.1) is 6.61 Å². The molecule has 0 aromatic rings. The first-order valence-corrected chi connectivity index (χ1v) is 8.16. The first-order valence-electron chi connectivity index (χ1n) is 8.16. The van der Waals surface area contributed by atoms with Crippen LogP contribution in [0.25, 0.3) is 0 Å². The molecule has 0 aliphatic carbocycles. The van der Waals surface area contributed by atoms with E-state index in [-0.39, 0.29) is 5.97 Å². The third-order valence-corrected chi connectivity index (χ3v) is 3.24. The van der Waals surface area contributed by atoms with Crippen LogP contribution in [-0.4, -0.2) is 26.2 Å². The molecule has 122 valence electrons. The molecular weight excluding hydrogens is 264 g/mol. The van der Waals surface area contributed by atoms with Crippen molar-refractivity contribution in [3.63, 3.8) is 0 Å². The average molecular weight is 296 g/mol. The molecular formula is C17H32N2O2. The molecule has 0 saturated carbocycles. The van der Waals surface area contributed by atoms with Gasteiger partial charge in [0.15, 0.2) is 0 Å². The van der Waals surface area contributed by atoms with Crippen LogP contribution in [0, 0.1) is 0 Å². The predicted octanol–water partition coefficient (Wildman–Crippen LogP) is 3.51. The number of hydrogen-bond donors (Lipinski definition) is 2. The normalized spacial score (nSPS) is 10.5. The summed E-state index contributed by atoms with van der Waals surface area (Å²) in [4.78, 5) is 10.8. The van der Waals surface area contributed by atoms with Crippen molar-refractivity contribution in [2.75, 3.05) is 20.2 Å².